The molecular weight excluding hydrogens is 252 g/mol. The van der Waals surface area contributed by atoms with Crippen LogP contribution in [0.25, 0.3) is 0 Å². The van der Waals surface area contributed by atoms with Crippen molar-refractivity contribution in [2.45, 2.75) is 39.0 Å². The maximum absolute atomic E-state index is 12.1. The van der Waals surface area contributed by atoms with Crippen LogP contribution >= 0.6 is 0 Å². The van der Waals surface area contributed by atoms with E-state index >= 15 is 0 Å². The summed E-state index contributed by atoms with van der Waals surface area (Å²) < 4.78 is 4.92. The van der Waals surface area contributed by atoms with E-state index in [4.69, 9.17) is 4.74 Å². The van der Waals surface area contributed by atoms with Gasteiger partial charge in [0.05, 0.1) is 13.0 Å². The van der Waals surface area contributed by atoms with Crippen molar-refractivity contribution < 1.29 is 14.3 Å². The Hall–Kier alpha value is -1.64. The Bertz CT molecular complexity index is 476. The number of ketones is 1. The normalized spacial score (nSPS) is 20.5. The third-order valence-corrected chi connectivity index (χ3v) is 4.17. The smallest absolute Gasteiger partial charge is 0.309 e. The molecule has 0 N–H and O–H groups in total. The van der Waals surface area contributed by atoms with E-state index in [2.05, 4.69) is 0 Å². The minimum atomic E-state index is -0.337. The van der Waals surface area contributed by atoms with E-state index in [-0.39, 0.29) is 23.6 Å². The molecule has 0 bridgehead atoms. The molecule has 2 atom stereocenters. The molecule has 0 saturated heterocycles. The molecule has 0 aromatic heterocycles. The Kier molecular flexibility index (Phi) is 4.94. The van der Waals surface area contributed by atoms with Gasteiger partial charge in [0, 0.05) is 12.3 Å². The molecule has 1 aromatic carbocycles. The lowest BCUT2D eigenvalue weighted by molar-refractivity contribution is -0.150. The van der Waals surface area contributed by atoms with Gasteiger partial charge in [0.1, 0.15) is 5.78 Å². The van der Waals surface area contributed by atoms with Crippen LogP contribution in [-0.4, -0.2) is 18.9 Å². The van der Waals surface area contributed by atoms with Crippen LogP contribution in [0.4, 0.5) is 0 Å². The predicted octanol–water partition coefficient (Wildman–Crippen LogP) is 3.09. The number of ether oxygens (including phenoxy) is 1. The van der Waals surface area contributed by atoms with Gasteiger partial charge in [-0.1, -0.05) is 36.2 Å². The summed E-state index contributed by atoms with van der Waals surface area (Å²) in [5.74, 6) is -0.544. The van der Waals surface area contributed by atoms with Gasteiger partial charge in [-0.2, -0.15) is 0 Å². The Labute approximate surface area is 120 Å². The number of methoxy groups -OCH3 is 1. The highest BCUT2D eigenvalue weighted by Gasteiger charge is 2.35. The van der Waals surface area contributed by atoms with Crippen LogP contribution in [-0.2, 0) is 20.7 Å². The molecule has 0 spiro atoms. The molecule has 20 heavy (non-hydrogen) atoms. The molecule has 1 fully saturated rings. The summed E-state index contributed by atoms with van der Waals surface area (Å²) in [6.45, 7) is 2.03. The molecule has 3 heteroatoms. The van der Waals surface area contributed by atoms with Crippen molar-refractivity contribution in [1.29, 1.82) is 0 Å². The van der Waals surface area contributed by atoms with Crippen molar-refractivity contribution in [3.05, 3.63) is 35.4 Å². The van der Waals surface area contributed by atoms with Crippen LogP contribution in [0.15, 0.2) is 24.3 Å². The number of esters is 1. The number of hydrogen-bond acceptors (Lipinski definition) is 3. The first-order valence-corrected chi connectivity index (χ1v) is 7.28. The second-order valence-electron chi connectivity index (χ2n) is 5.64. The van der Waals surface area contributed by atoms with E-state index in [1.165, 1.54) is 12.7 Å². The lowest BCUT2D eigenvalue weighted by atomic mass is 9.76. The van der Waals surface area contributed by atoms with Crippen molar-refractivity contribution in [2.75, 3.05) is 7.11 Å². The topological polar surface area (TPSA) is 43.4 Å². The fourth-order valence-corrected chi connectivity index (χ4v) is 2.95. The number of carbonyl (C=O) groups is 2. The Morgan fingerprint density at radius 3 is 2.60 bits per heavy atom. The van der Waals surface area contributed by atoms with Gasteiger partial charge < -0.3 is 4.74 Å². The molecule has 1 aliphatic carbocycles. The van der Waals surface area contributed by atoms with Crippen molar-refractivity contribution in [3.8, 4) is 0 Å². The first kappa shape index (κ1) is 14.8. The number of Topliss-reactive ketones (excluding diaryl/α,β-unsaturated/α-hetero) is 1. The molecule has 108 valence electrons. The van der Waals surface area contributed by atoms with Crippen LogP contribution < -0.4 is 0 Å². The van der Waals surface area contributed by atoms with E-state index in [1.807, 2.05) is 31.2 Å². The maximum atomic E-state index is 12.1. The van der Waals surface area contributed by atoms with Crippen LogP contribution in [0.2, 0.25) is 0 Å². The van der Waals surface area contributed by atoms with E-state index < -0.39 is 0 Å². The molecule has 0 aliphatic heterocycles. The fraction of sp³-hybridized carbons (Fsp3) is 0.529. The second-order valence-corrected chi connectivity index (χ2v) is 5.64. The first-order chi connectivity index (χ1) is 9.61. The van der Waals surface area contributed by atoms with Crippen LogP contribution in [0, 0.1) is 18.8 Å². The van der Waals surface area contributed by atoms with E-state index in [1.54, 1.807) is 0 Å². The summed E-state index contributed by atoms with van der Waals surface area (Å²) >= 11 is 0. The number of carbonyl (C=O) groups excluding carboxylic acids is 2. The van der Waals surface area contributed by atoms with Crippen molar-refractivity contribution in [1.82, 2.24) is 0 Å². The molecule has 2 unspecified atom stereocenters. The fourth-order valence-electron chi connectivity index (χ4n) is 2.95. The average molecular weight is 274 g/mol. The third-order valence-electron chi connectivity index (χ3n) is 4.17. The molecular formula is C17H22O3. The SMILES string of the molecule is COC(=O)C(Cc1ccc(C)cc1)C1CCCCC1=O. The van der Waals surface area contributed by atoms with Crippen LogP contribution in [0.1, 0.15) is 36.8 Å². The summed E-state index contributed by atoms with van der Waals surface area (Å²) in [7, 11) is 1.40. The number of benzene rings is 1. The zero-order valence-corrected chi connectivity index (χ0v) is 12.2. The lowest BCUT2D eigenvalue weighted by Gasteiger charge is -2.27. The molecule has 0 heterocycles. The van der Waals surface area contributed by atoms with Crippen LogP contribution in [0.3, 0.4) is 0 Å². The number of aryl methyl sites for hydroxylation is 1. The largest absolute Gasteiger partial charge is 0.469 e. The van der Waals surface area contributed by atoms with Gasteiger partial charge in [0.2, 0.25) is 0 Å². The molecule has 0 radical (unpaired) electrons. The minimum absolute atomic E-state index is 0.169. The number of hydrogen-bond donors (Lipinski definition) is 0. The van der Waals surface area contributed by atoms with Crippen LogP contribution in [0.5, 0.6) is 0 Å². The van der Waals surface area contributed by atoms with Crippen molar-refractivity contribution >= 4 is 11.8 Å². The highest BCUT2D eigenvalue weighted by molar-refractivity contribution is 5.87. The summed E-state index contributed by atoms with van der Waals surface area (Å²) in [6.07, 6.45) is 3.98. The van der Waals surface area contributed by atoms with E-state index in [9.17, 15) is 9.59 Å². The zero-order chi connectivity index (χ0) is 14.5. The summed E-state index contributed by atoms with van der Waals surface area (Å²) in [5, 5.41) is 0. The lowest BCUT2D eigenvalue weighted by Crippen LogP contribution is -2.34. The maximum Gasteiger partial charge on any atom is 0.309 e. The second kappa shape index (κ2) is 6.69. The summed E-state index contributed by atoms with van der Waals surface area (Å²) in [4.78, 5) is 24.1. The Morgan fingerprint density at radius 1 is 1.30 bits per heavy atom. The molecule has 1 saturated carbocycles. The highest BCUT2D eigenvalue weighted by atomic mass is 16.5. The standard InChI is InChI=1S/C17H22O3/c1-12-7-9-13(10-8-12)11-15(17(19)20-2)14-5-3-4-6-16(14)18/h7-10,14-15H,3-6,11H2,1-2H3. The highest BCUT2D eigenvalue weighted by Crippen LogP contribution is 2.30. The average Bonchev–Trinajstić information content (AvgIpc) is 2.47. The van der Waals surface area contributed by atoms with Gasteiger partial charge in [0.15, 0.2) is 0 Å². The molecule has 2 rings (SSSR count). The molecule has 1 aliphatic rings. The van der Waals surface area contributed by atoms with E-state index in [0.717, 1.165) is 24.8 Å². The van der Waals surface area contributed by atoms with Gasteiger partial charge in [0.25, 0.3) is 0 Å². The Morgan fingerprint density at radius 2 is 2.00 bits per heavy atom. The van der Waals surface area contributed by atoms with Gasteiger partial charge in [-0.05, 0) is 31.7 Å². The van der Waals surface area contributed by atoms with Gasteiger partial charge in [-0.15, -0.1) is 0 Å². The summed E-state index contributed by atoms with van der Waals surface area (Å²) in [5.41, 5.74) is 2.28. The predicted molar refractivity (Wildman–Crippen MR) is 77.4 cm³/mol. The minimum Gasteiger partial charge on any atom is -0.469 e. The molecule has 1 aromatic rings. The van der Waals surface area contributed by atoms with E-state index in [0.29, 0.717) is 12.8 Å². The van der Waals surface area contributed by atoms with Crippen molar-refractivity contribution in [3.63, 3.8) is 0 Å². The quantitative estimate of drug-likeness (QED) is 0.792. The van der Waals surface area contributed by atoms with Gasteiger partial charge in [-0.25, -0.2) is 0 Å². The number of rotatable bonds is 4. The third kappa shape index (κ3) is 3.47. The van der Waals surface area contributed by atoms with Gasteiger partial charge in [-0.3, -0.25) is 9.59 Å². The molecule has 3 nitrogen and oxygen atoms in total. The zero-order valence-electron chi connectivity index (χ0n) is 12.2. The van der Waals surface area contributed by atoms with Crippen molar-refractivity contribution in [2.24, 2.45) is 11.8 Å². The monoisotopic (exact) mass is 274 g/mol. The summed E-state index contributed by atoms with van der Waals surface area (Å²) in [6, 6.07) is 8.12. The molecule has 0 amide bonds. The first-order valence-electron chi connectivity index (χ1n) is 7.28. The van der Waals surface area contributed by atoms with Gasteiger partial charge >= 0.3 is 5.97 Å². The Balaban J connectivity index is 2.16.